The molecule has 0 unspecified atom stereocenters. The van der Waals surface area contributed by atoms with E-state index >= 15 is 0 Å². The van der Waals surface area contributed by atoms with Crippen molar-refractivity contribution in [3.05, 3.63) is 22.7 Å². The Kier molecular flexibility index (Phi) is 7.27. The first kappa shape index (κ1) is 18.1. The number of rotatable bonds is 6. The Morgan fingerprint density at radius 2 is 2.16 bits per heavy atom. The first-order valence-corrected chi connectivity index (χ1v) is 6.71. The summed E-state index contributed by atoms with van der Waals surface area (Å²) in [6, 6.07) is 1.39. The number of nitrogens with zero attached hydrogens (tertiary/aromatic N) is 2. The van der Waals surface area contributed by atoms with Gasteiger partial charge in [-0.05, 0) is 6.07 Å². The molecule has 0 saturated carbocycles. The number of ether oxygens (including phenoxy) is 1. The summed E-state index contributed by atoms with van der Waals surface area (Å²) in [6.45, 7) is -0.570. The van der Waals surface area contributed by atoms with Gasteiger partial charge in [0.25, 0.3) is 0 Å². The summed E-state index contributed by atoms with van der Waals surface area (Å²) in [6.07, 6.45) is -0.385. The largest absolute Gasteiger partial charge is 0.394 e. The Hall–Kier alpha value is -0.900. The maximum atomic E-state index is 11.4. The predicted molar refractivity (Wildman–Crippen MR) is 72.2 cm³/mol. The van der Waals surface area contributed by atoms with Gasteiger partial charge in [-0.1, -0.05) is 0 Å². The Morgan fingerprint density at radius 1 is 1.53 bits per heavy atom. The summed E-state index contributed by atoms with van der Waals surface area (Å²) in [5.74, 6) is 0.0629. The van der Waals surface area contributed by atoms with Crippen molar-refractivity contribution < 1.29 is 24.2 Å². The van der Waals surface area contributed by atoms with Crippen LogP contribution in [0, 0.1) is 0 Å². The molecule has 1 aromatic rings. The molecule has 0 radical (unpaired) electrons. The zero-order valence-electron chi connectivity index (χ0n) is 9.84. The SMILES string of the molecule is Nc1ccn(C[C@@H](CO)OCP(=O)(O)O)c(=O)n1.S. The van der Waals surface area contributed by atoms with Crippen molar-refractivity contribution in [2.75, 3.05) is 18.7 Å². The van der Waals surface area contributed by atoms with E-state index in [1.807, 2.05) is 0 Å². The van der Waals surface area contributed by atoms with Gasteiger partial charge in [-0.2, -0.15) is 18.5 Å². The van der Waals surface area contributed by atoms with Crippen LogP contribution in [0.1, 0.15) is 0 Å². The first-order valence-electron chi connectivity index (χ1n) is 4.92. The number of aliphatic hydroxyl groups excluding tert-OH is 1. The third-order valence-corrected chi connectivity index (χ3v) is 2.46. The molecule has 9 nitrogen and oxygen atoms in total. The van der Waals surface area contributed by atoms with Crippen molar-refractivity contribution in [1.82, 2.24) is 9.55 Å². The van der Waals surface area contributed by atoms with Crippen LogP contribution in [0.2, 0.25) is 0 Å². The number of anilines is 1. The zero-order valence-corrected chi connectivity index (χ0v) is 11.7. The molecule has 0 amide bonds. The molecule has 5 N–H and O–H groups in total. The second-order valence-electron chi connectivity index (χ2n) is 3.55. The molecule has 1 rings (SSSR count). The van der Waals surface area contributed by atoms with Gasteiger partial charge < -0.3 is 25.4 Å². The summed E-state index contributed by atoms with van der Waals surface area (Å²) in [4.78, 5) is 32.1. The van der Waals surface area contributed by atoms with Gasteiger partial charge in [0.05, 0.1) is 19.3 Å². The van der Waals surface area contributed by atoms with E-state index in [9.17, 15) is 9.36 Å². The van der Waals surface area contributed by atoms with E-state index in [0.29, 0.717) is 0 Å². The van der Waals surface area contributed by atoms with Crippen molar-refractivity contribution in [2.45, 2.75) is 12.6 Å². The molecule has 0 saturated heterocycles. The molecule has 0 aliphatic rings. The van der Waals surface area contributed by atoms with Crippen LogP contribution in [-0.4, -0.2) is 43.5 Å². The highest BCUT2D eigenvalue weighted by atomic mass is 32.1. The van der Waals surface area contributed by atoms with Gasteiger partial charge in [-0.15, -0.1) is 0 Å². The Morgan fingerprint density at radius 3 is 2.63 bits per heavy atom. The minimum absolute atomic E-state index is 0. The van der Waals surface area contributed by atoms with E-state index in [0.717, 1.165) is 4.57 Å². The predicted octanol–water partition coefficient (Wildman–Crippen LogP) is -1.55. The fraction of sp³-hybridized carbons (Fsp3) is 0.500. The fourth-order valence-corrected chi connectivity index (χ4v) is 1.57. The summed E-state index contributed by atoms with van der Waals surface area (Å²) in [5, 5.41) is 8.99. The van der Waals surface area contributed by atoms with Crippen LogP contribution in [0.15, 0.2) is 17.1 Å². The molecule has 1 heterocycles. The highest BCUT2D eigenvalue weighted by Gasteiger charge is 2.18. The molecule has 0 aromatic carbocycles. The molecular weight excluding hydrogens is 297 g/mol. The van der Waals surface area contributed by atoms with Crippen molar-refractivity contribution in [3.8, 4) is 0 Å². The van der Waals surface area contributed by atoms with E-state index in [-0.39, 0.29) is 25.9 Å². The van der Waals surface area contributed by atoms with Crippen LogP contribution < -0.4 is 11.4 Å². The van der Waals surface area contributed by atoms with Crippen LogP contribution in [0.5, 0.6) is 0 Å². The minimum atomic E-state index is -4.31. The molecule has 0 fully saturated rings. The number of aromatic nitrogens is 2. The lowest BCUT2D eigenvalue weighted by atomic mass is 10.3. The molecule has 110 valence electrons. The molecule has 11 heteroatoms. The molecule has 0 spiro atoms. The molecule has 0 aliphatic heterocycles. The van der Waals surface area contributed by atoms with E-state index in [2.05, 4.69) is 4.98 Å². The third-order valence-electron chi connectivity index (χ3n) is 1.98. The average molecular weight is 313 g/mol. The Bertz CT molecular complexity index is 504. The van der Waals surface area contributed by atoms with Crippen LogP contribution in [-0.2, 0) is 15.8 Å². The van der Waals surface area contributed by atoms with Crippen molar-refractivity contribution in [2.24, 2.45) is 0 Å². The van der Waals surface area contributed by atoms with Crippen molar-refractivity contribution in [1.29, 1.82) is 0 Å². The van der Waals surface area contributed by atoms with Gasteiger partial charge in [-0.25, -0.2) is 4.79 Å². The standard InChI is InChI=1S/C8H14N3O6P.H2S/c9-7-1-2-11(8(13)10-7)3-6(4-12)17-5-18(14,15)16;/h1-2,6,12H,3-5H2,(H2,9,10,13)(H2,14,15,16);1H2/t6-;/m0./s1. The summed E-state index contributed by atoms with van der Waals surface area (Å²) in [7, 11) is -4.31. The molecule has 1 atom stereocenters. The van der Waals surface area contributed by atoms with Crippen LogP contribution in [0.25, 0.3) is 0 Å². The Balaban J connectivity index is 0.00000324. The van der Waals surface area contributed by atoms with Crippen LogP contribution in [0.4, 0.5) is 5.82 Å². The lowest BCUT2D eigenvalue weighted by molar-refractivity contribution is 0.0188. The van der Waals surface area contributed by atoms with Crippen LogP contribution in [0.3, 0.4) is 0 Å². The maximum Gasteiger partial charge on any atom is 0.350 e. The van der Waals surface area contributed by atoms with Gasteiger partial charge >= 0.3 is 13.3 Å². The number of nitrogens with two attached hydrogens (primary N) is 1. The average Bonchev–Trinajstić information content (AvgIpc) is 2.25. The summed E-state index contributed by atoms with van der Waals surface area (Å²) < 4.78 is 16.5. The van der Waals surface area contributed by atoms with Gasteiger partial charge in [0.1, 0.15) is 12.2 Å². The normalized spacial score (nSPS) is 12.8. The number of aliphatic hydroxyl groups is 1. The fourth-order valence-electron chi connectivity index (χ4n) is 1.17. The number of hydrogen-bond acceptors (Lipinski definition) is 6. The second-order valence-corrected chi connectivity index (χ2v) is 5.14. The number of nitrogen functional groups attached to an aromatic ring is 1. The van der Waals surface area contributed by atoms with E-state index in [1.54, 1.807) is 0 Å². The monoisotopic (exact) mass is 313 g/mol. The quantitative estimate of drug-likeness (QED) is 0.461. The van der Waals surface area contributed by atoms with E-state index in [4.69, 9.17) is 25.4 Å². The summed E-state index contributed by atoms with van der Waals surface area (Å²) >= 11 is 0. The highest BCUT2D eigenvalue weighted by molar-refractivity contribution is 7.59. The van der Waals surface area contributed by atoms with Crippen molar-refractivity contribution in [3.63, 3.8) is 0 Å². The van der Waals surface area contributed by atoms with Gasteiger partial charge in [0.15, 0.2) is 0 Å². The summed E-state index contributed by atoms with van der Waals surface area (Å²) in [5.41, 5.74) is 4.67. The van der Waals surface area contributed by atoms with E-state index < -0.39 is 32.3 Å². The first-order chi connectivity index (χ1) is 8.31. The van der Waals surface area contributed by atoms with Gasteiger partial charge in [0, 0.05) is 6.20 Å². The van der Waals surface area contributed by atoms with Crippen molar-refractivity contribution >= 4 is 26.9 Å². The zero-order chi connectivity index (χ0) is 13.8. The van der Waals surface area contributed by atoms with Gasteiger partial charge in [-0.3, -0.25) is 9.13 Å². The third kappa shape index (κ3) is 6.71. The highest BCUT2D eigenvalue weighted by Crippen LogP contribution is 2.34. The van der Waals surface area contributed by atoms with Crippen LogP contribution >= 0.6 is 21.1 Å². The molecule has 1 aromatic heterocycles. The Labute approximate surface area is 115 Å². The number of hydrogen-bond donors (Lipinski definition) is 4. The van der Waals surface area contributed by atoms with E-state index in [1.165, 1.54) is 12.3 Å². The molecule has 0 bridgehead atoms. The lowest BCUT2D eigenvalue weighted by Crippen LogP contribution is -2.32. The molecule has 19 heavy (non-hydrogen) atoms. The topological polar surface area (TPSA) is 148 Å². The molecule has 0 aliphatic carbocycles. The minimum Gasteiger partial charge on any atom is -0.394 e. The van der Waals surface area contributed by atoms with Gasteiger partial charge in [0.2, 0.25) is 0 Å². The lowest BCUT2D eigenvalue weighted by Gasteiger charge is -2.16. The maximum absolute atomic E-state index is 11.4. The molecular formula is C8H16N3O6PS. The smallest absolute Gasteiger partial charge is 0.350 e. The second kappa shape index (κ2) is 7.63.